The molecule has 4 amide bonds. The number of aromatic carboxylic acids is 1. The normalized spacial score (nSPS) is 22.9. The van der Waals surface area contributed by atoms with Crippen molar-refractivity contribution in [3.8, 4) is 28.0 Å². The minimum Gasteiger partial charge on any atom is -0.491 e. The molecule has 3 aromatic carbocycles. The van der Waals surface area contributed by atoms with Gasteiger partial charge in [-0.1, -0.05) is 80.3 Å². The fourth-order valence-corrected chi connectivity index (χ4v) is 19.1. The second-order valence-electron chi connectivity index (χ2n) is 28.7. The fraction of sp³-hybridized carbons (Fsp3) is 0.500. The number of β-amino-alcohol motifs (C(OH)–C–C–N with tert-alkyl or cyclic N) is 1. The first-order chi connectivity index (χ1) is 46.0. The smallest absolute Gasteiger partial charge is 0.355 e. The quantitative estimate of drug-likeness (QED) is 0.0352. The van der Waals surface area contributed by atoms with Crippen molar-refractivity contribution < 1.29 is 43.3 Å². The lowest BCUT2D eigenvalue weighted by atomic mass is 9.43. The highest BCUT2D eigenvalue weighted by Gasteiger charge is 2.59. The number of hydrogen-bond acceptors (Lipinski definition) is 18. The number of hydrogen-bond donors (Lipinski definition) is 5. The molecule has 4 saturated carbocycles. The van der Waals surface area contributed by atoms with E-state index < -0.39 is 35.4 Å². The van der Waals surface area contributed by atoms with Crippen LogP contribution in [0.3, 0.4) is 0 Å². The number of aliphatic hydroxyl groups excluding tert-OH is 1. The van der Waals surface area contributed by atoms with Crippen molar-refractivity contribution >= 4 is 95.7 Å². The summed E-state index contributed by atoms with van der Waals surface area (Å²) >= 11 is 4.43. The number of aryl methyl sites for hydroxylation is 2. The number of carboxylic acid groups (broad SMARTS) is 1. The molecule has 4 bridgehead atoms. The molecule has 4 aliphatic carbocycles. The molecular formula is C72H83FN12O8S3. The number of rotatable bonds is 20. The number of anilines is 4. The van der Waals surface area contributed by atoms with E-state index in [0.29, 0.717) is 97.6 Å². The molecular weight excluding hydrogens is 1280 g/mol. The van der Waals surface area contributed by atoms with Crippen molar-refractivity contribution in [3.63, 3.8) is 0 Å². The van der Waals surface area contributed by atoms with E-state index >= 15 is 4.39 Å². The van der Waals surface area contributed by atoms with E-state index in [2.05, 4.69) is 57.8 Å². The molecule has 2 saturated heterocycles. The standard InChI is InChI=1S/C72H83FN12O8S3/c1-42-51-13-10-24-84(64(51)81-80-63(42)79-68-76-53-14-7-8-15-56(53)95-68)69-78-60(67(91)92)57(96-69)16-11-29-93-55-22-17-45(31-52(55)73)12-9-23-82-25-27-83(28-26-82)59(88)38-72-35-46-30-47(36-72)34-71(33-46,40-72)37-58(87)77-62(70(4,5)6)66(90)85-39-50(86)32-54(85)65(89)75-43(2)48-18-20-49(21-19-48)61-44(3)74-41-94-61/h7-8,14-15,17-22,31,41,43,46-47,50,54,62,86H,10-11,13,16,23-30,32-40H2,1-6H3,(H,75,89)(H,77,87)(H,91,92)(H,76,79,80)/t43-,46-,47+,50+,54-,62+,71?,72?/m0/s1. The van der Waals surface area contributed by atoms with Gasteiger partial charge in [-0.05, 0) is 155 Å². The summed E-state index contributed by atoms with van der Waals surface area (Å²) in [5, 5.41) is 41.1. The Bertz CT molecular complexity index is 4120. The van der Waals surface area contributed by atoms with E-state index in [1.54, 1.807) is 34.8 Å². The first-order valence-electron chi connectivity index (χ1n) is 33.5. The number of aliphatic hydroxyl groups is 1. The molecule has 7 aromatic rings. The zero-order chi connectivity index (χ0) is 67.2. The average molecular weight is 1360 g/mol. The molecule has 3 aliphatic heterocycles. The Morgan fingerprint density at radius 2 is 1.64 bits per heavy atom. The number of nitrogens with zero attached hydrogens (tertiary/aromatic N) is 9. The molecule has 24 heteroatoms. The Morgan fingerprint density at radius 1 is 0.885 bits per heavy atom. The van der Waals surface area contributed by atoms with Crippen LogP contribution in [0.1, 0.15) is 148 Å². The van der Waals surface area contributed by atoms with Gasteiger partial charge >= 0.3 is 5.97 Å². The van der Waals surface area contributed by atoms with Gasteiger partial charge in [0.1, 0.15) is 12.1 Å². The lowest BCUT2D eigenvalue weighted by Gasteiger charge is -2.62. The van der Waals surface area contributed by atoms with Crippen molar-refractivity contribution in [2.24, 2.45) is 28.1 Å². The minimum absolute atomic E-state index is 0.00980. The highest BCUT2D eigenvalue weighted by molar-refractivity contribution is 7.22. The molecule has 5 N–H and O–H groups in total. The van der Waals surface area contributed by atoms with Crippen molar-refractivity contribution in [3.05, 3.63) is 117 Å². The molecule has 4 aromatic heterocycles. The van der Waals surface area contributed by atoms with Gasteiger partial charge < -0.3 is 45.6 Å². The molecule has 8 atom stereocenters. The summed E-state index contributed by atoms with van der Waals surface area (Å²) in [5.41, 5.74) is 6.93. The number of carboxylic acids is 1. The number of piperazine rings is 1. The third kappa shape index (κ3) is 14.4. The maximum atomic E-state index is 15.5. The molecule has 6 fully saturated rings. The average Bonchev–Trinajstić information content (AvgIpc) is 0.976. The van der Waals surface area contributed by atoms with E-state index in [1.807, 2.05) is 105 Å². The number of carbonyl (C=O) groups excluding carboxylic acids is 4. The van der Waals surface area contributed by atoms with Crippen LogP contribution in [0.4, 0.5) is 26.3 Å². The van der Waals surface area contributed by atoms with E-state index in [-0.39, 0.29) is 77.9 Å². The summed E-state index contributed by atoms with van der Waals surface area (Å²) in [7, 11) is 0. The predicted molar refractivity (Wildman–Crippen MR) is 369 cm³/mol. The first-order valence-corrected chi connectivity index (χ1v) is 36.1. The number of amides is 4. The number of benzene rings is 3. The lowest BCUT2D eigenvalue weighted by Crippen LogP contribution is -2.59. The predicted octanol–water partition coefficient (Wildman–Crippen LogP) is 11.2. The Kier molecular flexibility index (Phi) is 19.1. The Hall–Kier alpha value is -7.95. The van der Waals surface area contributed by atoms with Crippen LogP contribution in [0.2, 0.25) is 0 Å². The van der Waals surface area contributed by atoms with Gasteiger partial charge in [-0.3, -0.25) is 24.1 Å². The zero-order valence-electron chi connectivity index (χ0n) is 55.2. The van der Waals surface area contributed by atoms with Crippen LogP contribution in [-0.4, -0.2) is 150 Å². The van der Waals surface area contributed by atoms with Crippen molar-refractivity contribution in [2.45, 2.75) is 149 Å². The number of halogens is 1. The molecule has 504 valence electrons. The lowest BCUT2D eigenvalue weighted by molar-refractivity contribution is -0.154. The van der Waals surface area contributed by atoms with Crippen molar-refractivity contribution in [1.29, 1.82) is 0 Å². The fourth-order valence-electron chi connectivity index (χ4n) is 16.3. The number of nitrogens with one attached hydrogen (secondary N) is 3. The van der Waals surface area contributed by atoms with Crippen molar-refractivity contribution in [1.82, 2.24) is 50.5 Å². The van der Waals surface area contributed by atoms with Crippen LogP contribution < -0.4 is 25.6 Å². The molecule has 7 aliphatic rings. The van der Waals surface area contributed by atoms with Gasteiger partial charge in [0.25, 0.3) is 0 Å². The third-order valence-electron chi connectivity index (χ3n) is 20.4. The molecule has 96 heavy (non-hydrogen) atoms. The SMILES string of the molecule is Cc1ncsc1-c1ccc([C@H](C)NC(=O)[C@@H]2C[C@@H](O)CN2C(=O)[C@@H](NC(=O)CC23C[C@H]4C[C@@H](C2)CC(CC(=O)N2CCN(CC#Cc5ccc(OCCCc6sc(N7CCCc8c7nnc(Nc7nc9ccccc9s7)c8C)nc6C(=O)O)c(F)c5)CC2)(C4)C3)C(C)(C)C)cc1. The zero-order valence-corrected chi connectivity index (χ0v) is 57.7. The van der Waals surface area contributed by atoms with E-state index in [4.69, 9.17) is 4.74 Å². The largest absolute Gasteiger partial charge is 0.491 e. The van der Waals surface area contributed by atoms with E-state index in [9.17, 15) is 34.2 Å². The van der Waals surface area contributed by atoms with Crippen LogP contribution in [0.5, 0.6) is 5.75 Å². The highest BCUT2D eigenvalue weighted by Crippen LogP contribution is 2.67. The van der Waals surface area contributed by atoms with Gasteiger partial charge in [-0.25, -0.2) is 24.1 Å². The summed E-state index contributed by atoms with van der Waals surface area (Å²) < 4.78 is 22.4. The number of ether oxygens (including phenoxy) is 1. The second kappa shape index (κ2) is 27.5. The van der Waals surface area contributed by atoms with Gasteiger partial charge in [0.05, 0.1) is 51.6 Å². The number of likely N-dealkylation sites (tertiary alicyclic amines) is 1. The van der Waals surface area contributed by atoms with Gasteiger partial charge in [-0.15, -0.1) is 32.9 Å². The number of para-hydroxylation sites is 1. The molecule has 2 unspecified atom stereocenters. The monoisotopic (exact) mass is 1360 g/mol. The first kappa shape index (κ1) is 66.7. The van der Waals surface area contributed by atoms with Crippen LogP contribution in [0.25, 0.3) is 20.7 Å². The second-order valence-corrected chi connectivity index (χ2v) is 31.6. The molecule has 14 rings (SSSR count). The van der Waals surface area contributed by atoms with Gasteiger partial charge in [-0.2, -0.15) is 0 Å². The van der Waals surface area contributed by atoms with Gasteiger partial charge in [0, 0.05) is 80.1 Å². The molecule has 20 nitrogen and oxygen atoms in total. The van der Waals surface area contributed by atoms with Gasteiger partial charge in [0.2, 0.25) is 23.6 Å². The summed E-state index contributed by atoms with van der Waals surface area (Å²) in [6.45, 7) is 15.3. The van der Waals surface area contributed by atoms with E-state index in [0.717, 1.165) is 99.5 Å². The van der Waals surface area contributed by atoms with Crippen molar-refractivity contribution in [2.75, 3.05) is 62.6 Å². The van der Waals surface area contributed by atoms with Crippen LogP contribution in [-0.2, 0) is 32.0 Å². The maximum Gasteiger partial charge on any atom is 0.355 e. The summed E-state index contributed by atoms with van der Waals surface area (Å²) in [6, 6.07) is 18.4. The highest BCUT2D eigenvalue weighted by atomic mass is 32.1. The minimum atomic E-state index is -1.12. The summed E-state index contributed by atoms with van der Waals surface area (Å²) in [4.78, 5) is 92.8. The molecule has 0 radical (unpaired) electrons. The topological polar surface area (TPSA) is 249 Å². The number of aromatic nitrogens is 5. The summed E-state index contributed by atoms with van der Waals surface area (Å²) in [6.07, 6.45) is 8.04. The third-order valence-corrected chi connectivity index (χ3v) is 23.5. The van der Waals surface area contributed by atoms with E-state index in [1.165, 1.54) is 22.3 Å². The Balaban J connectivity index is 0.560. The van der Waals surface area contributed by atoms with Crippen LogP contribution in [0.15, 0.2) is 72.2 Å². The maximum absolute atomic E-state index is 15.5. The number of thiazole rings is 3. The van der Waals surface area contributed by atoms with Crippen LogP contribution >= 0.6 is 34.0 Å². The molecule has 0 spiro atoms. The number of carbonyl (C=O) groups is 5. The van der Waals surface area contributed by atoms with Gasteiger partial charge in [0.15, 0.2) is 39.2 Å². The Labute approximate surface area is 570 Å². The van der Waals surface area contributed by atoms with Crippen LogP contribution in [0, 0.1) is 59.6 Å². The Morgan fingerprint density at radius 3 is 2.34 bits per heavy atom. The molecule has 7 heterocycles. The summed E-state index contributed by atoms with van der Waals surface area (Å²) in [5.74, 6) is 6.07. The number of fused-ring (bicyclic) bond motifs is 2.